The summed E-state index contributed by atoms with van der Waals surface area (Å²) in [4.78, 5) is 14.3. The lowest BCUT2D eigenvalue weighted by molar-refractivity contribution is -0.125. The topological polar surface area (TPSA) is 44.4 Å². The Bertz CT molecular complexity index is 249. The number of likely N-dealkylation sites (tertiary alicyclic amines) is 1. The molecule has 2 rings (SSSR count). The molecule has 1 amide bonds. The van der Waals surface area contributed by atoms with E-state index in [0.717, 1.165) is 45.6 Å². The highest BCUT2D eigenvalue weighted by atomic mass is 35.5. The first-order valence-electron chi connectivity index (χ1n) is 6.53. The third-order valence-corrected chi connectivity index (χ3v) is 3.61. The molecule has 4 nitrogen and oxygen atoms in total. The number of carbonyl (C=O) groups excluding carboxylic acids is 1. The zero-order valence-electron chi connectivity index (χ0n) is 11.0. The van der Waals surface area contributed by atoms with Gasteiger partial charge in [0, 0.05) is 25.6 Å². The van der Waals surface area contributed by atoms with Crippen LogP contribution in [0.15, 0.2) is 0 Å². The van der Waals surface area contributed by atoms with Crippen LogP contribution in [-0.4, -0.2) is 49.6 Å². The van der Waals surface area contributed by atoms with Crippen molar-refractivity contribution in [3.63, 3.8) is 0 Å². The molecule has 2 aliphatic rings. The maximum absolute atomic E-state index is 12.0. The van der Waals surface area contributed by atoms with Crippen molar-refractivity contribution in [2.24, 2.45) is 5.92 Å². The van der Waals surface area contributed by atoms with Gasteiger partial charge in [-0.05, 0) is 32.4 Å². The zero-order chi connectivity index (χ0) is 11.4. The SMILES string of the molecule is CCCN1CCCC1C(=O)NCC1CNC1.Cl.Cl. The minimum Gasteiger partial charge on any atom is -0.354 e. The molecule has 0 spiro atoms. The highest BCUT2D eigenvalue weighted by Crippen LogP contribution is 2.17. The van der Waals surface area contributed by atoms with Crippen LogP contribution in [0.25, 0.3) is 0 Å². The lowest BCUT2D eigenvalue weighted by Gasteiger charge is -2.29. The van der Waals surface area contributed by atoms with E-state index in [4.69, 9.17) is 0 Å². The Morgan fingerprint density at radius 3 is 2.67 bits per heavy atom. The van der Waals surface area contributed by atoms with Gasteiger partial charge in [0.25, 0.3) is 0 Å². The molecule has 1 atom stereocenters. The quantitative estimate of drug-likeness (QED) is 0.797. The van der Waals surface area contributed by atoms with Gasteiger partial charge in [-0.1, -0.05) is 6.92 Å². The molecule has 2 aliphatic heterocycles. The number of hydrogen-bond acceptors (Lipinski definition) is 3. The van der Waals surface area contributed by atoms with Gasteiger partial charge in [0.2, 0.25) is 5.91 Å². The van der Waals surface area contributed by atoms with Crippen molar-refractivity contribution in [2.45, 2.75) is 32.2 Å². The van der Waals surface area contributed by atoms with Crippen LogP contribution in [0.2, 0.25) is 0 Å². The van der Waals surface area contributed by atoms with Gasteiger partial charge in [-0.25, -0.2) is 0 Å². The maximum Gasteiger partial charge on any atom is 0.237 e. The van der Waals surface area contributed by atoms with E-state index in [9.17, 15) is 4.79 Å². The Hall–Kier alpha value is -0.0300. The monoisotopic (exact) mass is 297 g/mol. The van der Waals surface area contributed by atoms with E-state index in [0.29, 0.717) is 5.92 Å². The summed E-state index contributed by atoms with van der Waals surface area (Å²) in [7, 11) is 0. The van der Waals surface area contributed by atoms with E-state index < -0.39 is 0 Å². The molecule has 18 heavy (non-hydrogen) atoms. The number of rotatable bonds is 5. The van der Waals surface area contributed by atoms with Gasteiger partial charge in [-0.3, -0.25) is 9.69 Å². The smallest absolute Gasteiger partial charge is 0.237 e. The summed E-state index contributed by atoms with van der Waals surface area (Å²) in [5.41, 5.74) is 0. The number of halogens is 2. The second kappa shape index (κ2) is 8.97. The Morgan fingerprint density at radius 2 is 2.11 bits per heavy atom. The summed E-state index contributed by atoms with van der Waals surface area (Å²) in [5, 5.41) is 6.32. The first-order chi connectivity index (χ1) is 7.81. The fourth-order valence-corrected chi connectivity index (χ4v) is 2.53. The minimum absolute atomic E-state index is 0. The summed E-state index contributed by atoms with van der Waals surface area (Å²) in [6.07, 6.45) is 3.34. The highest BCUT2D eigenvalue weighted by Gasteiger charge is 2.30. The third-order valence-electron chi connectivity index (χ3n) is 3.61. The van der Waals surface area contributed by atoms with Crippen molar-refractivity contribution in [1.29, 1.82) is 0 Å². The Kier molecular flexibility index (Phi) is 8.95. The summed E-state index contributed by atoms with van der Waals surface area (Å²) in [6, 6.07) is 0.146. The molecule has 0 aromatic rings. The Morgan fingerprint density at radius 1 is 1.39 bits per heavy atom. The Balaban J connectivity index is 0.00000144. The zero-order valence-corrected chi connectivity index (χ0v) is 12.6. The number of nitrogens with one attached hydrogen (secondary N) is 2. The maximum atomic E-state index is 12.0. The summed E-state index contributed by atoms with van der Waals surface area (Å²) >= 11 is 0. The first-order valence-corrected chi connectivity index (χ1v) is 6.53. The van der Waals surface area contributed by atoms with Gasteiger partial charge in [0.1, 0.15) is 0 Å². The highest BCUT2D eigenvalue weighted by molar-refractivity contribution is 5.85. The van der Waals surface area contributed by atoms with Crippen LogP contribution in [0, 0.1) is 5.92 Å². The predicted molar refractivity (Wildman–Crippen MR) is 78.8 cm³/mol. The molecule has 0 aromatic heterocycles. The second-order valence-corrected chi connectivity index (χ2v) is 4.96. The van der Waals surface area contributed by atoms with Crippen molar-refractivity contribution in [3.8, 4) is 0 Å². The third kappa shape index (κ3) is 4.57. The second-order valence-electron chi connectivity index (χ2n) is 4.96. The Labute approximate surface area is 122 Å². The van der Waals surface area contributed by atoms with E-state index in [1.165, 1.54) is 6.42 Å². The molecule has 0 radical (unpaired) electrons. The molecule has 108 valence electrons. The van der Waals surface area contributed by atoms with Crippen LogP contribution >= 0.6 is 24.8 Å². The summed E-state index contributed by atoms with van der Waals surface area (Å²) < 4.78 is 0. The number of amides is 1. The molecule has 0 saturated carbocycles. The van der Waals surface area contributed by atoms with Crippen molar-refractivity contribution in [1.82, 2.24) is 15.5 Å². The van der Waals surface area contributed by atoms with Crippen LogP contribution in [0.4, 0.5) is 0 Å². The van der Waals surface area contributed by atoms with Crippen LogP contribution in [-0.2, 0) is 4.79 Å². The molecule has 2 saturated heterocycles. The fourth-order valence-electron chi connectivity index (χ4n) is 2.53. The number of carbonyl (C=O) groups is 1. The van der Waals surface area contributed by atoms with Gasteiger partial charge in [0.15, 0.2) is 0 Å². The van der Waals surface area contributed by atoms with Crippen molar-refractivity contribution >= 4 is 30.7 Å². The summed E-state index contributed by atoms with van der Waals surface area (Å²) in [6.45, 7) is 7.29. The molecule has 0 bridgehead atoms. The molecule has 0 aromatic carbocycles. The molecule has 2 fully saturated rings. The van der Waals surface area contributed by atoms with E-state index in [2.05, 4.69) is 22.5 Å². The number of hydrogen-bond donors (Lipinski definition) is 2. The number of nitrogens with zero attached hydrogens (tertiary/aromatic N) is 1. The molecular formula is C12H25Cl2N3O. The van der Waals surface area contributed by atoms with Crippen LogP contribution in [0.1, 0.15) is 26.2 Å². The lowest BCUT2D eigenvalue weighted by Crippen LogP contribution is -2.51. The van der Waals surface area contributed by atoms with E-state index in [1.54, 1.807) is 0 Å². The molecule has 2 N–H and O–H groups in total. The molecule has 2 heterocycles. The van der Waals surface area contributed by atoms with E-state index >= 15 is 0 Å². The fraction of sp³-hybridized carbons (Fsp3) is 0.917. The molecule has 0 aliphatic carbocycles. The minimum atomic E-state index is 0. The predicted octanol–water partition coefficient (Wildman–Crippen LogP) is 1.04. The van der Waals surface area contributed by atoms with Crippen molar-refractivity contribution in [2.75, 3.05) is 32.7 Å². The largest absolute Gasteiger partial charge is 0.354 e. The van der Waals surface area contributed by atoms with Crippen molar-refractivity contribution < 1.29 is 4.79 Å². The standard InChI is InChI=1S/C12H23N3O.2ClH/c1-2-5-15-6-3-4-11(15)12(16)14-9-10-7-13-8-10;;/h10-11,13H,2-9H2,1H3,(H,14,16);2*1H. The average molecular weight is 298 g/mol. The normalized spacial score (nSPS) is 23.7. The van der Waals surface area contributed by atoms with Gasteiger partial charge in [0.05, 0.1) is 6.04 Å². The lowest BCUT2D eigenvalue weighted by atomic mass is 10.0. The van der Waals surface area contributed by atoms with Gasteiger partial charge in [-0.2, -0.15) is 0 Å². The van der Waals surface area contributed by atoms with Crippen LogP contribution < -0.4 is 10.6 Å². The average Bonchev–Trinajstić information content (AvgIpc) is 2.64. The van der Waals surface area contributed by atoms with Gasteiger partial charge < -0.3 is 10.6 Å². The van der Waals surface area contributed by atoms with Crippen LogP contribution in [0.5, 0.6) is 0 Å². The van der Waals surface area contributed by atoms with Gasteiger partial charge >= 0.3 is 0 Å². The van der Waals surface area contributed by atoms with Crippen LogP contribution in [0.3, 0.4) is 0 Å². The molecule has 1 unspecified atom stereocenters. The first kappa shape index (κ1) is 18.0. The molecule has 6 heteroatoms. The van der Waals surface area contributed by atoms with Crippen molar-refractivity contribution in [3.05, 3.63) is 0 Å². The molecular weight excluding hydrogens is 273 g/mol. The summed E-state index contributed by atoms with van der Waals surface area (Å²) in [5.74, 6) is 0.905. The van der Waals surface area contributed by atoms with E-state index in [1.807, 2.05) is 0 Å². The van der Waals surface area contributed by atoms with E-state index in [-0.39, 0.29) is 36.8 Å². The van der Waals surface area contributed by atoms with Gasteiger partial charge in [-0.15, -0.1) is 24.8 Å².